The maximum Gasteiger partial charge on any atom is 0.279 e. The average Bonchev–Trinajstić information content (AvgIpc) is 2.61. The highest BCUT2D eigenvalue weighted by atomic mass is 35.5. The van der Waals surface area contributed by atoms with Crippen LogP contribution in [-0.2, 0) is 4.79 Å². The molecule has 0 bridgehead atoms. The van der Waals surface area contributed by atoms with Gasteiger partial charge in [-0.1, -0.05) is 23.7 Å². The number of carbonyl (C=O) groups is 2. The Morgan fingerprint density at radius 2 is 1.68 bits per heavy atom. The van der Waals surface area contributed by atoms with Gasteiger partial charge in [0.15, 0.2) is 6.10 Å². The van der Waals surface area contributed by atoms with Gasteiger partial charge < -0.3 is 9.47 Å². The van der Waals surface area contributed by atoms with Crippen LogP contribution in [0.1, 0.15) is 24.2 Å². The fourth-order valence-electron chi connectivity index (χ4n) is 1.97. The van der Waals surface area contributed by atoms with Crippen molar-refractivity contribution in [3.63, 3.8) is 0 Å². The van der Waals surface area contributed by atoms with Crippen molar-refractivity contribution >= 4 is 23.4 Å². The lowest BCUT2D eigenvalue weighted by atomic mass is 10.2. The van der Waals surface area contributed by atoms with E-state index < -0.39 is 17.9 Å². The van der Waals surface area contributed by atoms with Crippen molar-refractivity contribution in [3.05, 3.63) is 59.1 Å². The maximum absolute atomic E-state index is 12.0. The maximum atomic E-state index is 12.0. The number of halogens is 1. The second-order valence-corrected chi connectivity index (χ2v) is 5.49. The van der Waals surface area contributed by atoms with E-state index in [4.69, 9.17) is 21.1 Å². The fourth-order valence-corrected chi connectivity index (χ4v) is 2.19. The van der Waals surface area contributed by atoms with E-state index in [-0.39, 0.29) is 5.56 Å². The van der Waals surface area contributed by atoms with Crippen LogP contribution in [0, 0.1) is 0 Å². The van der Waals surface area contributed by atoms with E-state index in [0.29, 0.717) is 17.4 Å². The molecule has 2 aromatic rings. The molecule has 0 saturated carbocycles. The summed E-state index contributed by atoms with van der Waals surface area (Å²) in [7, 11) is 0. The van der Waals surface area contributed by atoms with Gasteiger partial charge >= 0.3 is 0 Å². The first-order valence-electron chi connectivity index (χ1n) is 7.75. The Labute approximate surface area is 151 Å². The average molecular weight is 363 g/mol. The number of hydrazine groups is 1. The van der Waals surface area contributed by atoms with E-state index in [0.717, 1.165) is 5.75 Å². The van der Waals surface area contributed by atoms with Gasteiger partial charge in [-0.3, -0.25) is 20.4 Å². The van der Waals surface area contributed by atoms with Crippen LogP contribution in [0.3, 0.4) is 0 Å². The molecule has 2 aromatic carbocycles. The van der Waals surface area contributed by atoms with Crippen LogP contribution in [0.25, 0.3) is 0 Å². The number of hydrogen-bond acceptors (Lipinski definition) is 4. The van der Waals surface area contributed by atoms with E-state index in [9.17, 15) is 9.59 Å². The zero-order valence-corrected chi connectivity index (χ0v) is 14.7. The van der Waals surface area contributed by atoms with Crippen molar-refractivity contribution in [3.8, 4) is 11.5 Å². The van der Waals surface area contributed by atoms with Gasteiger partial charge in [-0.25, -0.2) is 0 Å². The molecule has 25 heavy (non-hydrogen) atoms. The summed E-state index contributed by atoms with van der Waals surface area (Å²) >= 11 is 5.93. The normalized spacial score (nSPS) is 11.3. The minimum absolute atomic E-state index is 0.268. The first-order valence-corrected chi connectivity index (χ1v) is 8.13. The molecule has 0 aliphatic rings. The Hall–Kier alpha value is -2.73. The van der Waals surface area contributed by atoms with Crippen LogP contribution in [-0.4, -0.2) is 24.5 Å². The molecule has 2 rings (SSSR count). The van der Waals surface area contributed by atoms with Gasteiger partial charge in [0, 0.05) is 0 Å². The monoisotopic (exact) mass is 362 g/mol. The van der Waals surface area contributed by atoms with Gasteiger partial charge in [0.05, 0.1) is 17.2 Å². The molecule has 1 unspecified atom stereocenters. The van der Waals surface area contributed by atoms with Crippen molar-refractivity contribution in [1.29, 1.82) is 0 Å². The number of carbonyl (C=O) groups excluding carboxylic acids is 2. The van der Waals surface area contributed by atoms with Crippen molar-refractivity contribution in [2.45, 2.75) is 20.0 Å². The minimum atomic E-state index is -0.801. The van der Waals surface area contributed by atoms with Crippen molar-refractivity contribution in [1.82, 2.24) is 10.9 Å². The molecule has 0 heterocycles. The fraction of sp³-hybridized carbons (Fsp3) is 0.222. The summed E-state index contributed by atoms with van der Waals surface area (Å²) in [5.41, 5.74) is 4.89. The van der Waals surface area contributed by atoms with Crippen LogP contribution < -0.4 is 20.3 Å². The van der Waals surface area contributed by atoms with E-state index >= 15 is 0 Å². The van der Waals surface area contributed by atoms with Crippen LogP contribution in [0.15, 0.2) is 48.5 Å². The van der Waals surface area contributed by atoms with Crippen molar-refractivity contribution in [2.75, 3.05) is 6.61 Å². The summed E-state index contributed by atoms with van der Waals surface area (Å²) in [5.74, 6) is 0.240. The summed E-state index contributed by atoms with van der Waals surface area (Å²) in [6.07, 6.45) is -0.801. The van der Waals surface area contributed by atoms with E-state index in [1.54, 1.807) is 55.5 Å². The number of nitrogens with one attached hydrogen (secondary N) is 2. The first-order chi connectivity index (χ1) is 12.0. The van der Waals surface area contributed by atoms with Gasteiger partial charge in [0.1, 0.15) is 11.5 Å². The summed E-state index contributed by atoms with van der Waals surface area (Å²) < 4.78 is 10.9. The highest BCUT2D eigenvalue weighted by molar-refractivity contribution is 6.33. The Balaban J connectivity index is 1.85. The summed E-state index contributed by atoms with van der Waals surface area (Å²) in [6, 6.07) is 13.5. The lowest BCUT2D eigenvalue weighted by Gasteiger charge is -2.15. The highest BCUT2D eigenvalue weighted by Crippen LogP contribution is 2.18. The zero-order chi connectivity index (χ0) is 18.2. The Morgan fingerprint density at radius 1 is 1.04 bits per heavy atom. The number of benzene rings is 2. The van der Waals surface area contributed by atoms with Gasteiger partial charge in [-0.15, -0.1) is 0 Å². The van der Waals surface area contributed by atoms with Crippen molar-refractivity contribution < 1.29 is 19.1 Å². The molecule has 2 amide bonds. The van der Waals surface area contributed by atoms with Crippen molar-refractivity contribution in [2.24, 2.45) is 0 Å². The van der Waals surface area contributed by atoms with Crippen LogP contribution in [0.4, 0.5) is 0 Å². The zero-order valence-electron chi connectivity index (χ0n) is 13.9. The molecule has 0 spiro atoms. The molecular weight excluding hydrogens is 344 g/mol. The third-order valence-corrected chi connectivity index (χ3v) is 3.56. The minimum Gasteiger partial charge on any atom is -0.494 e. The third-order valence-electron chi connectivity index (χ3n) is 3.23. The molecule has 0 fully saturated rings. The van der Waals surface area contributed by atoms with E-state index in [2.05, 4.69) is 10.9 Å². The van der Waals surface area contributed by atoms with Crippen LogP contribution in [0.5, 0.6) is 11.5 Å². The smallest absolute Gasteiger partial charge is 0.279 e. The predicted octanol–water partition coefficient (Wildman–Crippen LogP) is 2.97. The molecule has 0 aromatic heterocycles. The van der Waals surface area contributed by atoms with Gasteiger partial charge in [0.2, 0.25) is 0 Å². The first kappa shape index (κ1) is 18.6. The number of rotatable bonds is 6. The molecule has 6 nitrogen and oxygen atoms in total. The van der Waals surface area contributed by atoms with Crippen LogP contribution in [0.2, 0.25) is 5.02 Å². The van der Waals surface area contributed by atoms with E-state index in [1.807, 2.05) is 6.92 Å². The topological polar surface area (TPSA) is 76.7 Å². The molecule has 0 aliphatic carbocycles. The molecule has 0 radical (unpaired) electrons. The largest absolute Gasteiger partial charge is 0.494 e. The Kier molecular flexibility index (Phi) is 6.65. The van der Waals surface area contributed by atoms with Gasteiger partial charge in [-0.2, -0.15) is 0 Å². The summed E-state index contributed by atoms with van der Waals surface area (Å²) in [5, 5.41) is 0.299. The van der Waals surface area contributed by atoms with Crippen LogP contribution >= 0.6 is 11.6 Å². The Morgan fingerprint density at radius 3 is 2.32 bits per heavy atom. The quantitative estimate of drug-likeness (QED) is 0.774. The molecule has 7 heteroatoms. The number of amides is 2. The molecular formula is C18H19ClN2O4. The molecule has 0 aliphatic heterocycles. The highest BCUT2D eigenvalue weighted by Gasteiger charge is 2.16. The second-order valence-electron chi connectivity index (χ2n) is 5.09. The number of hydrogen-bond donors (Lipinski definition) is 2. The lowest BCUT2D eigenvalue weighted by molar-refractivity contribution is -0.128. The number of ether oxygens (including phenoxy) is 2. The summed E-state index contributed by atoms with van der Waals surface area (Å²) in [6.45, 7) is 4.05. The lowest BCUT2D eigenvalue weighted by Crippen LogP contribution is -2.47. The second kappa shape index (κ2) is 8.94. The van der Waals surface area contributed by atoms with E-state index in [1.165, 1.54) is 0 Å². The predicted molar refractivity (Wildman–Crippen MR) is 94.8 cm³/mol. The molecule has 1 atom stereocenters. The molecule has 2 N–H and O–H groups in total. The van der Waals surface area contributed by atoms with Gasteiger partial charge in [0.25, 0.3) is 11.8 Å². The SMILES string of the molecule is CCOc1ccc(OC(C)C(=O)NNC(=O)c2ccccc2Cl)cc1. The molecule has 0 saturated heterocycles. The Bertz CT molecular complexity index is 734. The summed E-state index contributed by atoms with van der Waals surface area (Å²) in [4.78, 5) is 24.0. The standard InChI is InChI=1S/C18H19ClN2O4/c1-3-24-13-8-10-14(11-9-13)25-12(2)17(22)20-21-18(23)15-6-4-5-7-16(15)19/h4-12H,3H2,1-2H3,(H,20,22)(H,21,23). The third kappa shape index (κ3) is 5.39. The molecule has 132 valence electrons. The van der Waals surface area contributed by atoms with Gasteiger partial charge in [-0.05, 0) is 50.2 Å².